The van der Waals surface area contributed by atoms with Crippen LogP contribution in [0.5, 0.6) is 0 Å². The van der Waals surface area contributed by atoms with Crippen molar-refractivity contribution in [2.45, 2.75) is 4.33 Å². The molecule has 0 aromatic rings. The lowest BCUT2D eigenvalue weighted by atomic mass is 10.5. The van der Waals surface area contributed by atoms with Crippen molar-refractivity contribution in [1.82, 2.24) is 0 Å². The van der Waals surface area contributed by atoms with Crippen LogP contribution in [-0.2, 0) is 16.3 Å². The first-order chi connectivity index (χ1) is 4.77. The second-order valence-electron chi connectivity index (χ2n) is 1.58. The molecule has 0 rings (SSSR count). The van der Waals surface area contributed by atoms with Gasteiger partial charge in [0.2, 0.25) is 4.33 Å². The van der Waals surface area contributed by atoms with E-state index in [4.69, 9.17) is 38.3 Å². The molecule has 2 N–H and O–H groups in total. The summed E-state index contributed by atoms with van der Waals surface area (Å²) in [6.07, 6.45) is 0. The molecule has 0 heterocycles. The highest BCUT2D eigenvalue weighted by Gasteiger charge is 2.26. The Balaban J connectivity index is 3.93. The summed E-state index contributed by atoms with van der Waals surface area (Å²) in [5.74, 6) is 0. The number of nitriles is 1. The first kappa shape index (κ1) is 11.6. The van der Waals surface area contributed by atoms with Gasteiger partial charge in [0.15, 0.2) is 0 Å². The van der Waals surface area contributed by atoms with Gasteiger partial charge in [0.1, 0.15) is 12.7 Å². The third-order valence-electron chi connectivity index (χ3n) is 0.578. The molecule has 0 aliphatic carbocycles. The molecule has 0 aliphatic heterocycles. The maximum atomic E-state index is 8.51. The highest BCUT2D eigenvalue weighted by molar-refractivity contribution is 8.06. The Morgan fingerprint density at radius 2 is 2.09 bits per heavy atom. The molecule has 0 amide bonds. The van der Waals surface area contributed by atoms with Crippen LogP contribution in [0.15, 0.2) is 0 Å². The average Bonchev–Trinajstić information content (AvgIpc) is 1.83. The molecule has 0 aromatic carbocycles. The molecular formula is C3H4Cl2NO3PS. The fourth-order valence-electron chi connectivity index (χ4n) is 0.197. The average molecular weight is 236 g/mol. The number of hydrogen-bond donors (Lipinski definition) is 2. The van der Waals surface area contributed by atoms with Crippen LogP contribution >= 0.6 is 29.9 Å². The van der Waals surface area contributed by atoms with E-state index < -0.39 is 17.7 Å². The summed E-state index contributed by atoms with van der Waals surface area (Å²) in [6.45, 7) is -4.29. The third-order valence-corrected chi connectivity index (χ3v) is 1.75. The molecule has 0 aliphatic rings. The Labute approximate surface area is 78.6 Å². The number of rotatable bonds is 3. The Hall–Kier alpha value is 0.600. The molecule has 0 radical (unpaired) electrons. The third kappa shape index (κ3) is 6.98. The molecule has 0 saturated heterocycles. The van der Waals surface area contributed by atoms with Crippen molar-refractivity contribution in [3.8, 4) is 6.07 Å². The zero-order valence-corrected chi connectivity index (χ0v) is 8.29. The van der Waals surface area contributed by atoms with Gasteiger partial charge in [-0.3, -0.25) is 0 Å². The van der Waals surface area contributed by atoms with E-state index >= 15 is 0 Å². The molecular weight excluding hydrogens is 232 g/mol. The van der Waals surface area contributed by atoms with E-state index in [2.05, 4.69) is 16.3 Å². The minimum Gasteiger partial charge on any atom is -0.325 e. The van der Waals surface area contributed by atoms with Crippen LogP contribution in [0.25, 0.3) is 0 Å². The lowest BCUT2D eigenvalue weighted by molar-refractivity contribution is 0.253. The monoisotopic (exact) mass is 235 g/mol. The van der Waals surface area contributed by atoms with Gasteiger partial charge >= 0.3 is 6.72 Å². The number of halogens is 2. The van der Waals surface area contributed by atoms with Crippen LogP contribution in [0, 0.1) is 11.3 Å². The summed E-state index contributed by atoms with van der Waals surface area (Å²) in [7, 11) is 0. The quantitative estimate of drug-likeness (QED) is 0.562. The van der Waals surface area contributed by atoms with E-state index in [1.807, 2.05) is 0 Å². The van der Waals surface area contributed by atoms with E-state index in [9.17, 15) is 0 Å². The van der Waals surface area contributed by atoms with E-state index in [-0.39, 0.29) is 0 Å². The Kier molecular flexibility index (Phi) is 4.23. The minimum absolute atomic E-state index is 0.531. The van der Waals surface area contributed by atoms with Crippen LogP contribution in [0.2, 0.25) is 0 Å². The summed E-state index contributed by atoms with van der Waals surface area (Å²) in [5, 5.41) is 8.21. The van der Waals surface area contributed by atoms with Crippen molar-refractivity contribution in [1.29, 1.82) is 5.26 Å². The molecule has 4 nitrogen and oxygen atoms in total. The van der Waals surface area contributed by atoms with Gasteiger partial charge in [-0.2, -0.15) is 5.26 Å². The summed E-state index contributed by atoms with van der Waals surface area (Å²) in [5.41, 5.74) is 0. The Bertz CT molecular complexity index is 221. The summed E-state index contributed by atoms with van der Waals surface area (Å²) in [4.78, 5) is 17.0. The number of alkyl halides is 2. The number of hydrogen-bond acceptors (Lipinski definition) is 3. The zero-order valence-electron chi connectivity index (χ0n) is 5.07. The van der Waals surface area contributed by atoms with Crippen molar-refractivity contribution in [3.63, 3.8) is 0 Å². The molecule has 0 fully saturated rings. The van der Waals surface area contributed by atoms with Gasteiger partial charge in [0, 0.05) is 0 Å². The predicted molar refractivity (Wildman–Crippen MR) is 44.7 cm³/mol. The standard InChI is InChI=1S/C3H4Cl2NO3PS/c4-3(5,1-6)2-9-10(7,8)11/h2H2,(H2,7,8,11). The fraction of sp³-hybridized carbons (Fsp3) is 0.667. The molecule has 0 bridgehead atoms. The topological polar surface area (TPSA) is 73.5 Å². The van der Waals surface area contributed by atoms with Crippen molar-refractivity contribution < 1.29 is 14.3 Å². The first-order valence-electron chi connectivity index (χ1n) is 2.26. The van der Waals surface area contributed by atoms with Crippen LogP contribution in [0.3, 0.4) is 0 Å². The summed E-state index contributed by atoms with van der Waals surface area (Å²) < 4.78 is 2.45. The van der Waals surface area contributed by atoms with Gasteiger partial charge in [0.05, 0.1) is 0 Å². The van der Waals surface area contributed by atoms with Gasteiger partial charge < -0.3 is 14.3 Å². The largest absolute Gasteiger partial charge is 0.325 e. The fourth-order valence-corrected chi connectivity index (χ4v) is 0.979. The molecule has 8 heteroatoms. The van der Waals surface area contributed by atoms with E-state index in [1.54, 1.807) is 0 Å². The molecule has 0 saturated carbocycles. The van der Waals surface area contributed by atoms with Gasteiger partial charge in [-0.25, -0.2) is 0 Å². The molecule has 0 aromatic heterocycles. The van der Waals surface area contributed by atoms with E-state index in [0.29, 0.717) is 0 Å². The van der Waals surface area contributed by atoms with Crippen molar-refractivity contribution in [2.75, 3.05) is 6.61 Å². The Morgan fingerprint density at radius 1 is 1.64 bits per heavy atom. The van der Waals surface area contributed by atoms with E-state index in [0.717, 1.165) is 0 Å². The lowest BCUT2D eigenvalue weighted by Gasteiger charge is -2.12. The molecule has 0 spiro atoms. The molecule has 0 atom stereocenters. The molecule has 64 valence electrons. The maximum Gasteiger partial charge on any atom is 0.322 e. The van der Waals surface area contributed by atoms with E-state index in [1.165, 1.54) is 6.07 Å². The molecule has 0 unspecified atom stereocenters. The summed E-state index contributed by atoms with van der Waals surface area (Å²) >= 11 is 14.6. The van der Waals surface area contributed by atoms with Crippen LogP contribution in [-0.4, -0.2) is 20.7 Å². The van der Waals surface area contributed by atoms with Gasteiger partial charge in [-0.1, -0.05) is 23.2 Å². The van der Waals surface area contributed by atoms with Crippen LogP contribution in [0.4, 0.5) is 0 Å². The lowest BCUT2D eigenvalue weighted by Crippen LogP contribution is -2.17. The predicted octanol–water partition coefficient (Wildman–Crippen LogP) is 0.910. The minimum atomic E-state index is -3.76. The first-order valence-corrected chi connectivity index (χ1v) is 5.64. The normalized spacial score (nSPS) is 12.6. The van der Waals surface area contributed by atoms with Gasteiger partial charge in [-0.05, 0) is 11.8 Å². The number of nitrogens with zero attached hydrogens (tertiary/aromatic N) is 1. The van der Waals surface area contributed by atoms with Crippen molar-refractivity contribution in [3.05, 3.63) is 0 Å². The molecule has 11 heavy (non-hydrogen) atoms. The van der Waals surface area contributed by atoms with Crippen LogP contribution < -0.4 is 0 Å². The second-order valence-corrected chi connectivity index (χ2v) is 5.73. The highest BCUT2D eigenvalue weighted by atomic mass is 35.5. The Morgan fingerprint density at radius 3 is 2.36 bits per heavy atom. The van der Waals surface area contributed by atoms with Gasteiger partial charge in [0.25, 0.3) is 0 Å². The SMILES string of the molecule is N#CC(Cl)(Cl)COP(O)(O)=S. The van der Waals surface area contributed by atoms with Crippen LogP contribution in [0.1, 0.15) is 0 Å². The zero-order chi connectivity index (χ0) is 9.12. The van der Waals surface area contributed by atoms with Crippen molar-refractivity contribution >= 4 is 41.7 Å². The highest BCUT2D eigenvalue weighted by Crippen LogP contribution is 2.38. The van der Waals surface area contributed by atoms with Gasteiger partial charge in [-0.15, -0.1) is 0 Å². The second kappa shape index (κ2) is 4.01. The summed E-state index contributed by atoms with van der Waals surface area (Å²) in [6, 6.07) is 1.47. The smallest absolute Gasteiger partial charge is 0.322 e. The van der Waals surface area contributed by atoms with Crippen molar-refractivity contribution in [2.24, 2.45) is 0 Å². The maximum absolute atomic E-state index is 8.51.